The van der Waals surface area contributed by atoms with E-state index in [0.717, 1.165) is 23.8 Å². The Morgan fingerprint density at radius 3 is 2.57 bits per heavy atom. The summed E-state index contributed by atoms with van der Waals surface area (Å²) in [7, 11) is 3.75. The number of aryl methyl sites for hydroxylation is 1. The molecule has 1 unspecified atom stereocenters. The van der Waals surface area contributed by atoms with E-state index in [-0.39, 0.29) is 0 Å². The molecule has 0 aromatic heterocycles. The number of hydrogen-bond acceptors (Lipinski definition) is 3. The average Bonchev–Trinajstić information content (AvgIpc) is 2.56. The molecule has 0 heterocycles. The zero-order valence-electron chi connectivity index (χ0n) is 13.7. The summed E-state index contributed by atoms with van der Waals surface area (Å²) in [6.45, 7) is 2.86. The van der Waals surface area contributed by atoms with Gasteiger partial charge in [0, 0.05) is 6.04 Å². The summed E-state index contributed by atoms with van der Waals surface area (Å²) < 4.78 is 11.5. The number of ether oxygens (including phenoxy) is 2. The molecule has 1 fully saturated rings. The van der Waals surface area contributed by atoms with Crippen LogP contribution in [0.25, 0.3) is 0 Å². The van der Waals surface area contributed by atoms with Gasteiger partial charge >= 0.3 is 0 Å². The maximum Gasteiger partial charge on any atom is 0.161 e. The van der Waals surface area contributed by atoms with Crippen LogP contribution in [0.5, 0.6) is 11.5 Å². The Kier molecular flexibility index (Phi) is 6.37. The van der Waals surface area contributed by atoms with Crippen LogP contribution >= 0.6 is 0 Å². The van der Waals surface area contributed by atoms with Crippen molar-refractivity contribution in [1.29, 1.82) is 0 Å². The van der Waals surface area contributed by atoms with Gasteiger partial charge < -0.3 is 14.8 Å². The first-order valence-electron chi connectivity index (χ1n) is 8.25. The van der Waals surface area contributed by atoms with E-state index in [9.17, 15) is 0 Å². The first-order chi connectivity index (χ1) is 10.3. The summed E-state index contributed by atoms with van der Waals surface area (Å²) in [5.41, 5.74) is 1.27. The first-order valence-corrected chi connectivity index (χ1v) is 8.25. The Labute approximate surface area is 129 Å². The van der Waals surface area contributed by atoms with Crippen LogP contribution in [0, 0.1) is 5.92 Å². The predicted octanol–water partition coefficient (Wildman–Crippen LogP) is 3.80. The van der Waals surface area contributed by atoms with Crippen LogP contribution in [0.3, 0.4) is 0 Å². The summed E-state index contributed by atoms with van der Waals surface area (Å²) in [5.74, 6) is 2.43. The molecule has 118 valence electrons. The molecular weight excluding hydrogens is 262 g/mol. The number of hydrogen-bond donors (Lipinski definition) is 1. The van der Waals surface area contributed by atoms with Gasteiger partial charge in [-0.1, -0.05) is 32.3 Å². The third kappa shape index (κ3) is 4.37. The fraction of sp³-hybridized carbons (Fsp3) is 0.667. The second kappa shape index (κ2) is 8.28. The molecule has 1 aliphatic carbocycles. The van der Waals surface area contributed by atoms with Gasteiger partial charge in [-0.2, -0.15) is 0 Å². The van der Waals surface area contributed by atoms with Crippen molar-refractivity contribution in [2.24, 2.45) is 5.92 Å². The van der Waals surface area contributed by atoms with Crippen molar-refractivity contribution in [2.75, 3.05) is 20.8 Å². The number of rotatable bonds is 7. The SMILES string of the molecule is CCc1ccc(OCC(NC)C2CCCCC2)c(OC)c1. The van der Waals surface area contributed by atoms with E-state index in [4.69, 9.17) is 9.47 Å². The van der Waals surface area contributed by atoms with Gasteiger partial charge in [-0.3, -0.25) is 0 Å². The smallest absolute Gasteiger partial charge is 0.161 e. The van der Waals surface area contributed by atoms with Gasteiger partial charge in [0.1, 0.15) is 6.61 Å². The molecule has 0 bridgehead atoms. The Balaban J connectivity index is 1.97. The van der Waals surface area contributed by atoms with E-state index in [0.29, 0.717) is 12.6 Å². The van der Waals surface area contributed by atoms with Crippen molar-refractivity contribution in [2.45, 2.75) is 51.5 Å². The van der Waals surface area contributed by atoms with E-state index in [1.807, 2.05) is 13.1 Å². The topological polar surface area (TPSA) is 30.5 Å². The van der Waals surface area contributed by atoms with Gasteiger partial charge in [0.25, 0.3) is 0 Å². The molecule has 1 aliphatic rings. The zero-order chi connectivity index (χ0) is 15.1. The normalized spacial score (nSPS) is 17.5. The predicted molar refractivity (Wildman–Crippen MR) is 87.3 cm³/mol. The lowest BCUT2D eigenvalue weighted by Gasteiger charge is -2.30. The largest absolute Gasteiger partial charge is 0.493 e. The molecule has 0 aliphatic heterocycles. The second-order valence-electron chi connectivity index (χ2n) is 5.94. The van der Waals surface area contributed by atoms with Gasteiger partial charge in [0.15, 0.2) is 11.5 Å². The quantitative estimate of drug-likeness (QED) is 0.829. The summed E-state index contributed by atoms with van der Waals surface area (Å²) in [5, 5.41) is 3.44. The molecule has 0 saturated heterocycles. The molecule has 1 saturated carbocycles. The maximum atomic E-state index is 6.05. The maximum absolute atomic E-state index is 6.05. The van der Waals surface area contributed by atoms with Crippen molar-refractivity contribution in [3.63, 3.8) is 0 Å². The van der Waals surface area contributed by atoms with Crippen LogP contribution in [0.2, 0.25) is 0 Å². The molecule has 0 radical (unpaired) electrons. The van der Waals surface area contributed by atoms with Crippen molar-refractivity contribution >= 4 is 0 Å². The van der Waals surface area contributed by atoms with Gasteiger partial charge in [-0.25, -0.2) is 0 Å². The second-order valence-corrected chi connectivity index (χ2v) is 5.94. The minimum atomic E-state index is 0.431. The Morgan fingerprint density at radius 1 is 1.19 bits per heavy atom. The van der Waals surface area contributed by atoms with Crippen LogP contribution in [-0.2, 0) is 6.42 Å². The summed E-state index contributed by atoms with van der Waals surface area (Å²) >= 11 is 0. The summed E-state index contributed by atoms with van der Waals surface area (Å²) in [4.78, 5) is 0. The Bertz CT molecular complexity index is 427. The van der Waals surface area contributed by atoms with Gasteiger partial charge in [0.05, 0.1) is 7.11 Å². The number of methoxy groups -OCH3 is 1. The van der Waals surface area contributed by atoms with Gasteiger partial charge in [-0.15, -0.1) is 0 Å². The molecule has 0 amide bonds. The highest BCUT2D eigenvalue weighted by molar-refractivity contribution is 5.43. The minimum Gasteiger partial charge on any atom is -0.493 e. The summed E-state index contributed by atoms with van der Waals surface area (Å²) in [6, 6.07) is 6.66. The van der Waals surface area contributed by atoms with Crippen LogP contribution < -0.4 is 14.8 Å². The lowest BCUT2D eigenvalue weighted by atomic mass is 9.84. The van der Waals surface area contributed by atoms with Crippen LogP contribution in [0.15, 0.2) is 18.2 Å². The fourth-order valence-corrected chi connectivity index (χ4v) is 3.22. The lowest BCUT2D eigenvalue weighted by molar-refractivity contribution is 0.188. The minimum absolute atomic E-state index is 0.431. The monoisotopic (exact) mass is 291 g/mol. The standard InChI is InChI=1S/C18H29NO2/c1-4-14-10-11-17(18(12-14)20-3)21-13-16(19-2)15-8-6-5-7-9-15/h10-12,15-16,19H,4-9,13H2,1-3H3. The molecule has 1 atom stereocenters. The van der Waals surface area contributed by atoms with E-state index in [1.165, 1.54) is 37.7 Å². The molecule has 3 nitrogen and oxygen atoms in total. The molecule has 1 aromatic rings. The number of benzene rings is 1. The van der Waals surface area contributed by atoms with Crippen LogP contribution in [-0.4, -0.2) is 26.8 Å². The van der Waals surface area contributed by atoms with Crippen molar-refractivity contribution < 1.29 is 9.47 Å². The highest BCUT2D eigenvalue weighted by Crippen LogP contribution is 2.30. The van der Waals surface area contributed by atoms with Crippen molar-refractivity contribution in [1.82, 2.24) is 5.32 Å². The lowest BCUT2D eigenvalue weighted by Crippen LogP contribution is -2.39. The molecule has 1 aromatic carbocycles. The Morgan fingerprint density at radius 2 is 1.95 bits per heavy atom. The summed E-state index contributed by atoms with van der Waals surface area (Å²) in [6.07, 6.45) is 7.76. The molecule has 2 rings (SSSR count). The average molecular weight is 291 g/mol. The third-order valence-corrected chi connectivity index (χ3v) is 4.64. The molecule has 3 heteroatoms. The van der Waals surface area contributed by atoms with E-state index in [2.05, 4.69) is 24.4 Å². The van der Waals surface area contributed by atoms with Crippen LogP contribution in [0.4, 0.5) is 0 Å². The fourth-order valence-electron chi connectivity index (χ4n) is 3.22. The first kappa shape index (κ1) is 16.2. The molecule has 0 spiro atoms. The highest BCUT2D eigenvalue weighted by Gasteiger charge is 2.23. The molecular formula is C18H29NO2. The molecule has 1 N–H and O–H groups in total. The highest BCUT2D eigenvalue weighted by atomic mass is 16.5. The van der Waals surface area contributed by atoms with E-state index in [1.54, 1.807) is 7.11 Å². The number of likely N-dealkylation sites (N-methyl/N-ethyl adjacent to an activating group) is 1. The van der Waals surface area contributed by atoms with Gasteiger partial charge in [0.2, 0.25) is 0 Å². The zero-order valence-corrected chi connectivity index (χ0v) is 13.7. The number of nitrogens with one attached hydrogen (secondary N) is 1. The van der Waals surface area contributed by atoms with Crippen molar-refractivity contribution in [3.05, 3.63) is 23.8 Å². The van der Waals surface area contributed by atoms with E-state index >= 15 is 0 Å². The third-order valence-electron chi connectivity index (χ3n) is 4.64. The Hall–Kier alpha value is -1.22. The van der Waals surface area contributed by atoms with Crippen LogP contribution in [0.1, 0.15) is 44.6 Å². The molecule has 21 heavy (non-hydrogen) atoms. The van der Waals surface area contributed by atoms with Gasteiger partial charge in [-0.05, 0) is 49.9 Å². The van der Waals surface area contributed by atoms with Crippen molar-refractivity contribution in [3.8, 4) is 11.5 Å². The van der Waals surface area contributed by atoms with E-state index < -0.39 is 0 Å².